The van der Waals surface area contributed by atoms with E-state index in [0.29, 0.717) is 23.6 Å². The van der Waals surface area contributed by atoms with Gasteiger partial charge in [-0.15, -0.1) is 0 Å². The Hall–Kier alpha value is -2.34. The van der Waals surface area contributed by atoms with Crippen LogP contribution in [-0.4, -0.2) is 33.1 Å². The van der Waals surface area contributed by atoms with Crippen LogP contribution in [-0.2, 0) is 6.42 Å². The SMILES string of the molecule is CCNc1nc(OCCCc2nc3ccccc3[nH]2)nc(Cl)c1C. The average molecular weight is 346 g/mol. The molecule has 1 aromatic carbocycles. The van der Waals surface area contributed by atoms with Crippen molar-refractivity contribution >= 4 is 28.5 Å². The van der Waals surface area contributed by atoms with Crippen LogP contribution in [0.4, 0.5) is 5.82 Å². The highest BCUT2D eigenvalue weighted by molar-refractivity contribution is 6.30. The first-order valence-corrected chi connectivity index (χ1v) is 8.39. The van der Waals surface area contributed by atoms with Gasteiger partial charge < -0.3 is 15.0 Å². The Morgan fingerprint density at radius 3 is 2.83 bits per heavy atom. The number of aromatic amines is 1. The predicted molar refractivity (Wildman–Crippen MR) is 95.9 cm³/mol. The van der Waals surface area contributed by atoms with E-state index in [4.69, 9.17) is 16.3 Å². The average Bonchev–Trinajstić information content (AvgIpc) is 2.99. The van der Waals surface area contributed by atoms with E-state index < -0.39 is 0 Å². The minimum absolute atomic E-state index is 0.297. The Balaban J connectivity index is 1.56. The summed E-state index contributed by atoms with van der Waals surface area (Å²) < 4.78 is 5.64. The van der Waals surface area contributed by atoms with Gasteiger partial charge in [0.1, 0.15) is 16.8 Å². The normalized spacial score (nSPS) is 11.0. The summed E-state index contributed by atoms with van der Waals surface area (Å²) in [7, 11) is 0. The number of halogens is 1. The summed E-state index contributed by atoms with van der Waals surface area (Å²) in [6.07, 6.45) is 1.61. The van der Waals surface area contributed by atoms with Crippen molar-refractivity contribution in [3.8, 4) is 6.01 Å². The molecule has 0 aliphatic carbocycles. The fraction of sp³-hybridized carbons (Fsp3) is 0.353. The van der Waals surface area contributed by atoms with Crippen LogP contribution in [0.1, 0.15) is 24.7 Å². The molecule has 2 heterocycles. The zero-order valence-corrected chi connectivity index (χ0v) is 14.5. The lowest BCUT2D eigenvalue weighted by Gasteiger charge is -2.10. The Bertz CT molecular complexity index is 800. The third kappa shape index (κ3) is 3.76. The first-order valence-electron chi connectivity index (χ1n) is 8.01. The summed E-state index contributed by atoms with van der Waals surface area (Å²) in [5.41, 5.74) is 2.86. The molecule has 24 heavy (non-hydrogen) atoms. The fourth-order valence-corrected chi connectivity index (χ4v) is 2.56. The predicted octanol–water partition coefficient (Wildman–Crippen LogP) is 3.76. The molecule has 0 saturated carbocycles. The van der Waals surface area contributed by atoms with Crippen molar-refractivity contribution in [2.24, 2.45) is 0 Å². The molecule has 0 atom stereocenters. The lowest BCUT2D eigenvalue weighted by atomic mass is 10.3. The van der Waals surface area contributed by atoms with Gasteiger partial charge in [-0.3, -0.25) is 0 Å². The number of fused-ring (bicyclic) bond motifs is 1. The molecule has 6 nitrogen and oxygen atoms in total. The lowest BCUT2D eigenvalue weighted by molar-refractivity contribution is 0.286. The maximum Gasteiger partial charge on any atom is 0.319 e. The maximum atomic E-state index is 6.12. The number of ether oxygens (including phenoxy) is 1. The van der Waals surface area contributed by atoms with Crippen LogP contribution >= 0.6 is 11.6 Å². The van der Waals surface area contributed by atoms with Crippen LogP contribution in [0.5, 0.6) is 6.01 Å². The van der Waals surface area contributed by atoms with Crippen molar-refractivity contribution < 1.29 is 4.74 Å². The molecule has 0 saturated heterocycles. The number of aromatic nitrogens is 4. The minimum Gasteiger partial charge on any atom is -0.463 e. The van der Waals surface area contributed by atoms with Gasteiger partial charge in [0, 0.05) is 18.5 Å². The molecule has 3 aromatic rings. The van der Waals surface area contributed by atoms with Crippen molar-refractivity contribution in [1.29, 1.82) is 0 Å². The third-order valence-electron chi connectivity index (χ3n) is 3.64. The van der Waals surface area contributed by atoms with Gasteiger partial charge in [0.15, 0.2) is 0 Å². The van der Waals surface area contributed by atoms with Crippen LogP contribution in [0.15, 0.2) is 24.3 Å². The first kappa shape index (κ1) is 16.5. The summed E-state index contributed by atoms with van der Waals surface area (Å²) in [5.74, 6) is 1.67. The molecule has 0 aliphatic heterocycles. The Morgan fingerprint density at radius 1 is 1.21 bits per heavy atom. The van der Waals surface area contributed by atoms with Crippen LogP contribution in [0.2, 0.25) is 5.15 Å². The number of hydrogen-bond acceptors (Lipinski definition) is 5. The van der Waals surface area contributed by atoms with Gasteiger partial charge >= 0.3 is 6.01 Å². The van der Waals surface area contributed by atoms with Crippen LogP contribution < -0.4 is 10.1 Å². The summed E-state index contributed by atoms with van der Waals surface area (Å²) in [4.78, 5) is 16.4. The van der Waals surface area contributed by atoms with E-state index in [2.05, 4.69) is 25.3 Å². The molecular formula is C17H20ClN5O. The second-order valence-corrected chi connectivity index (χ2v) is 5.81. The number of nitrogens with zero attached hydrogens (tertiary/aromatic N) is 3. The lowest BCUT2D eigenvalue weighted by Crippen LogP contribution is -2.08. The van der Waals surface area contributed by atoms with Crippen LogP contribution in [0.25, 0.3) is 11.0 Å². The second-order valence-electron chi connectivity index (χ2n) is 5.45. The van der Waals surface area contributed by atoms with Crippen molar-refractivity contribution in [3.05, 3.63) is 40.8 Å². The smallest absolute Gasteiger partial charge is 0.319 e. The molecule has 3 rings (SSSR count). The van der Waals surface area contributed by atoms with Gasteiger partial charge in [-0.25, -0.2) is 4.98 Å². The van der Waals surface area contributed by atoms with E-state index in [-0.39, 0.29) is 0 Å². The van der Waals surface area contributed by atoms with E-state index in [1.165, 1.54) is 0 Å². The van der Waals surface area contributed by atoms with Crippen molar-refractivity contribution in [3.63, 3.8) is 0 Å². The number of benzene rings is 1. The molecule has 0 spiro atoms. The quantitative estimate of drug-likeness (QED) is 0.503. The van der Waals surface area contributed by atoms with E-state index >= 15 is 0 Å². The topological polar surface area (TPSA) is 75.7 Å². The molecule has 0 aliphatic rings. The monoisotopic (exact) mass is 345 g/mol. The fourth-order valence-electron chi connectivity index (χ4n) is 2.40. The summed E-state index contributed by atoms with van der Waals surface area (Å²) in [6.45, 7) is 5.15. The Morgan fingerprint density at radius 2 is 2.04 bits per heavy atom. The van der Waals surface area contributed by atoms with Crippen molar-refractivity contribution in [2.75, 3.05) is 18.5 Å². The van der Waals surface area contributed by atoms with Gasteiger partial charge in [-0.2, -0.15) is 9.97 Å². The largest absolute Gasteiger partial charge is 0.463 e. The number of nitrogens with one attached hydrogen (secondary N) is 2. The van der Waals surface area contributed by atoms with Crippen LogP contribution in [0.3, 0.4) is 0 Å². The van der Waals surface area contributed by atoms with Crippen LogP contribution in [0, 0.1) is 6.92 Å². The molecule has 0 amide bonds. The number of imidazole rings is 1. The van der Waals surface area contributed by atoms with Gasteiger partial charge in [-0.1, -0.05) is 23.7 Å². The number of para-hydroxylation sites is 2. The van der Waals surface area contributed by atoms with Gasteiger partial charge in [-0.05, 0) is 32.4 Å². The highest BCUT2D eigenvalue weighted by Gasteiger charge is 2.10. The number of rotatable bonds is 7. The molecule has 0 radical (unpaired) electrons. The van der Waals surface area contributed by atoms with E-state index in [1.807, 2.05) is 38.1 Å². The standard InChI is InChI=1S/C17H20ClN5O/c1-3-19-16-11(2)15(18)22-17(23-16)24-10-6-9-14-20-12-7-4-5-8-13(12)21-14/h4-5,7-8H,3,6,9-10H2,1-2H3,(H,20,21)(H,19,22,23). The highest BCUT2D eigenvalue weighted by Crippen LogP contribution is 2.22. The summed E-state index contributed by atoms with van der Waals surface area (Å²) in [5, 5.41) is 3.57. The molecule has 0 unspecified atom stereocenters. The molecule has 7 heteroatoms. The molecule has 0 fully saturated rings. The van der Waals surface area contributed by atoms with Gasteiger partial charge in [0.2, 0.25) is 0 Å². The molecule has 2 aromatic heterocycles. The second kappa shape index (κ2) is 7.49. The number of H-pyrrole nitrogens is 1. The van der Waals surface area contributed by atoms with E-state index in [0.717, 1.165) is 41.8 Å². The summed E-state index contributed by atoms with van der Waals surface area (Å²) >= 11 is 6.12. The summed E-state index contributed by atoms with van der Waals surface area (Å²) in [6, 6.07) is 8.29. The number of hydrogen-bond donors (Lipinski definition) is 2. The number of aryl methyl sites for hydroxylation is 1. The Labute approximate surface area is 145 Å². The first-order chi connectivity index (χ1) is 11.7. The highest BCUT2D eigenvalue weighted by atomic mass is 35.5. The molecule has 126 valence electrons. The number of anilines is 1. The molecular weight excluding hydrogens is 326 g/mol. The molecule has 0 bridgehead atoms. The zero-order valence-electron chi connectivity index (χ0n) is 13.8. The molecule has 2 N–H and O–H groups in total. The minimum atomic E-state index is 0.297. The zero-order chi connectivity index (χ0) is 16.9. The maximum absolute atomic E-state index is 6.12. The Kier molecular flexibility index (Phi) is 5.15. The van der Waals surface area contributed by atoms with E-state index in [1.54, 1.807) is 0 Å². The third-order valence-corrected chi connectivity index (χ3v) is 4.01. The van der Waals surface area contributed by atoms with Crippen molar-refractivity contribution in [1.82, 2.24) is 19.9 Å². The van der Waals surface area contributed by atoms with E-state index in [9.17, 15) is 0 Å². The van der Waals surface area contributed by atoms with Gasteiger partial charge in [0.25, 0.3) is 0 Å². The van der Waals surface area contributed by atoms with Crippen molar-refractivity contribution in [2.45, 2.75) is 26.7 Å². The van der Waals surface area contributed by atoms with Gasteiger partial charge in [0.05, 0.1) is 17.6 Å².